The van der Waals surface area contributed by atoms with E-state index in [0.29, 0.717) is 6.54 Å². The molecule has 84 valence electrons. The lowest BCUT2D eigenvalue weighted by atomic mass is 10.2. The van der Waals surface area contributed by atoms with Crippen molar-refractivity contribution < 1.29 is 5.11 Å². The number of nitrogens with two attached hydrogens (primary N) is 1. The summed E-state index contributed by atoms with van der Waals surface area (Å²) in [6.45, 7) is 0.597. The maximum absolute atomic E-state index is 9.75. The van der Waals surface area contributed by atoms with Crippen LogP contribution in [-0.2, 0) is 13.5 Å². The van der Waals surface area contributed by atoms with E-state index in [1.54, 1.807) is 18.3 Å². The second-order valence-corrected chi connectivity index (χ2v) is 3.69. The van der Waals surface area contributed by atoms with Crippen molar-refractivity contribution in [2.75, 3.05) is 6.54 Å². The van der Waals surface area contributed by atoms with Crippen molar-refractivity contribution in [3.05, 3.63) is 36.2 Å². The van der Waals surface area contributed by atoms with E-state index in [0.717, 1.165) is 23.5 Å². The zero-order valence-electron chi connectivity index (χ0n) is 9.22. The first-order valence-electron chi connectivity index (χ1n) is 5.23. The molecule has 16 heavy (non-hydrogen) atoms. The second kappa shape index (κ2) is 4.37. The topological polar surface area (TPSA) is 64.1 Å². The van der Waals surface area contributed by atoms with E-state index in [1.165, 1.54) is 0 Å². The zero-order valence-corrected chi connectivity index (χ0v) is 9.22. The first-order chi connectivity index (χ1) is 7.74. The molecule has 1 heterocycles. The number of para-hydroxylation sites is 1. The van der Waals surface area contributed by atoms with Gasteiger partial charge in [-0.25, -0.2) is 4.98 Å². The molecule has 2 aromatic rings. The Hall–Kier alpha value is -1.81. The van der Waals surface area contributed by atoms with Crippen molar-refractivity contribution >= 4 is 0 Å². The van der Waals surface area contributed by atoms with Gasteiger partial charge in [-0.2, -0.15) is 0 Å². The average Bonchev–Trinajstić information content (AvgIpc) is 2.62. The molecule has 4 nitrogen and oxygen atoms in total. The number of hydrogen-bond donors (Lipinski definition) is 2. The van der Waals surface area contributed by atoms with Crippen LogP contribution in [0.15, 0.2) is 30.5 Å². The maximum Gasteiger partial charge on any atom is 0.143 e. The Kier molecular flexibility index (Phi) is 2.92. The van der Waals surface area contributed by atoms with Gasteiger partial charge in [0.2, 0.25) is 0 Å². The Bertz CT molecular complexity index is 491. The fourth-order valence-electron chi connectivity index (χ4n) is 1.74. The van der Waals surface area contributed by atoms with Crippen molar-refractivity contribution in [1.29, 1.82) is 0 Å². The normalized spacial score (nSPS) is 10.6. The van der Waals surface area contributed by atoms with Gasteiger partial charge in [-0.3, -0.25) is 0 Å². The SMILES string of the molecule is Cn1c(CCN)cnc1-c1ccccc1O. The van der Waals surface area contributed by atoms with Crippen LogP contribution in [0.4, 0.5) is 0 Å². The number of imidazole rings is 1. The predicted octanol–water partition coefficient (Wildman–Crippen LogP) is 1.29. The van der Waals surface area contributed by atoms with E-state index >= 15 is 0 Å². The van der Waals surface area contributed by atoms with Gasteiger partial charge in [-0.1, -0.05) is 12.1 Å². The molecule has 2 rings (SSSR count). The van der Waals surface area contributed by atoms with E-state index in [4.69, 9.17) is 5.73 Å². The molecule has 0 bridgehead atoms. The fraction of sp³-hybridized carbons (Fsp3) is 0.250. The second-order valence-electron chi connectivity index (χ2n) is 3.69. The minimum Gasteiger partial charge on any atom is -0.507 e. The van der Waals surface area contributed by atoms with Crippen LogP contribution in [0.3, 0.4) is 0 Å². The number of hydrogen-bond acceptors (Lipinski definition) is 3. The van der Waals surface area contributed by atoms with Crippen molar-refractivity contribution in [3.63, 3.8) is 0 Å². The van der Waals surface area contributed by atoms with Gasteiger partial charge >= 0.3 is 0 Å². The van der Waals surface area contributed by atoms with E-state index in [9.17, 15) is 5.11 Å². The van der Waals surface area contributed by atoms with Gasteiger partial charge in [0, 0.05) is 25.4 Å². The highest BCUT2D eigenvalue weighted by molar-refractivity contribution is 5.64. The van der Waals surface area contributed by atoms with Crippen molar-refractivity contribution in [3.8, 4) is 17.1 Å². The highest BCUT2D eigenvalue weighted by Gasteiger charge is 2.10. The van der Waals surface area contributed by atoms with E-state index in [2.05, 4.69) is 4.98 Å². The van der Waals surface area contributed by atoms with Crippen LogP contribution in [0.2, 0.25) is 0 Å². The van der Waals surface area contributed by atoms with Crippen LogP contribution >= 0.6 is 0 Å². The van der Waals surface area contributed by atoms with Crippen LogP contribution in [0, 0.1) is 0 Å². The van der Waals surface area contributed by atoms with Crippen LogP contribution in [0.25, 0.3) is 11.4 Å². The van der Waals surface area contributed by atoms with Crippen LogP contribution in [-0.4, -0.2) is 21.2 Å². The summed E-state index contributed by atoms with van der Waals surface area (Å²) in [5.74, 6) is 1.01. The maximum atomic E-state index is 9.75. The molecule has 0 unspecified atom stereocenters. The van der Waals surface area contributed by atoms with Crippen molar-refractivity contribution in [2.45, 2.75) is 6.42 Å². The lowest BCUT2D eigenvalue weighted by Gasteiger charge is -2.06. The summed E-state index contributed by atoms with van der Waals surface area (Å²) in [6.07, 6.45) is 2.59. The Labute approximate surface area is 94.4 Å². The summed E-state index contributed by atoms with van der Waals surface area (Å²) in [5.41, 5.74) is 7.33. The molecule has 1 aromatic heterocycles. The molecule has 4 heteroatoms. The van der Waals surface area contributed by atoms with Crippen molar-refractivity contribution in [2.24, 2.45) is 12.8 Å². The molecule has 0 aliphatic carbocycles. The smallest absolute Gasteiger partial charge is 0.143 e. The molecule has 0 radical (unpaired) electrons. The molecule has 0 aliphatic heterocycles. The number of phenolic OH excluding ortho intramolecular Hbond substituents is 1. The molecule has 0 aliphatic rings. The van der Waals surface area contributed by atoms with Crippen LogP contribution in [0.1, 0.15) is 5.69 Å². The minimum absolute atomic E-state index is 0.246. The lowest BCUT2D eigenvalue weighted by Crippen LogP contribution is -2.07. The van der Waals surface area contributed by atoms with Gasteiger partial charge in [-0.05, 0) is 18.7 Å². The fourth-order valence-corrected chi connectivity index (χ4v) is 1.74. The van der Waals surface area contributed by atoms with E-state index < -0.39 is 0 Å². The Morgan fingerprint density at radius 1 is 1.38 bits per heavy atom. The van der Waals surface area contributed by atoms with Gasteiger partial charge < -0.3 is 15.4 Å². The molecular formula is C12H15N3O. The van der Waals surface area contributed by atoms with Crippen LogP contribution < -0.4 is 5.73 Å². The van der Waals surface area contributed by atoms with E-state index in [1.807, 2.05) is 23.7 Å². The molecule has 0 amide bonds. The minimum atomic E-state index is 0.246. The number of phenols is 1. The number of rotatable bonds is 3. The molecule has 0 atom stereocenters. The first-order valence-corrected chi connectivity index (χ1v) is 5.23. The first kappa shape index (κ1) is 10.7. The number of nitrogens with zero attached hydrogens (tertiary/aromatic N) is 2. The number of benzene rings is 1. The third-order valence-electron chi connectivity index (χ3n) is 2.63. The molecule has 0 saturated heterocycles. The molecule has 0 saturated carbocycles. The number of aromatic hydroxyl groups is 1. The Balaban J connectivity index is 2.45. The molecule has 0 fully saturated rings. The third-order valence-corrected chi connectivity index (χ3v) is 2.63. The van der Waals surface area contributed by atoms with Gasteiger partial charge in [0.25, 0.3) is 0 Å². The summed E-state index contributed by atoms with van der Waals surface area (Å²) in [6, 6.07) is 7.19. The summed E-state index contributed by atoms with van der Waals surface area (Å²) in [5, 5.41) is 9.75. The molecule has 3 N–H and O–H groups in total. The van der Waals surface area contributed by atoms with Gasteiger partial charge in [0.05, 0.1) is 5.56 Å². The molecular weight excluding hydrogens is 202 g/mol. The predicted molar refractivity (Wildman–Crippen MR) is 63.1 cm³/mol. The highest BCUT2D eigenvalue weighted by Crippen LogP contribution is 2.27. The summed E-state index contributed by atoms with van der Waals surface area (Å²) in [4.78, 5) is 4.31. The van der Waals surface area contributed by atoms with Crippen LogP contribution in [0.5, 0.6) is 5.75 Å². The Morgan fingerprint density at radius 3 is 2.81 bits per heavy atom. The van der Waals surface area contributed by atoms with Crippen molar-refractivity contribution in [1.82, 2.24) is 9.55 Å². The van der Waals surface area contributed by atoms with E-state index in [-0.39, 0.29) is 5.75 Å². The summed E-state index contributed by atoms with van der Waals surface area (Å²) >= 11 is 0. The molecule has 1 aromatic carbocycles. The average molecular weight is 217 g/mol. The third kappa shape index (κ3) is 1.79. The quantitative estimate of drug-likeness (QED) is 0.814. The summed E-state index contributed by atoms with van der Waals surface area (Å²) in [7, 11) is 1.93. The standard InChI is InChI=1S/C12H15N3O/c1-15-9(6-7-13)8-14-12(15)10-4-2-3-5-11(10)16/h2-5,8,16H,6-7,13H2,1H3. The van der Waals surface area contributed by atoms with Gasteiger partial charge in [0.15, 0.2) is 0 Å². The Morgan fingerprint density at radius 2 is 2.12 bits per heavy atom. The lowest BCUT2D eigenvalue weighted by molar-refractivity contribution is 0.476. The molecule has 0 spiro atoms. The largest absolute Gasteiger partial charge is 0.507 e. The zero-order chi connectivity index (χ0) is 11.5. The van der Waals surface area contributed by atoms with Gasteiger partial charge in [-0.15, -0.1) is 0 Å². The number of aromatic nitrogens is 2. The van der Waals surface area contributed by atoms with Gasteiger partial charge in [0.1, 0.15) is 11.6 Å². The monoisotopic (exact) mass is 217 g/mol. The highest BCUT2D eigenvalue weighted by atomic mass is 16.3. The summed E-state index contributed by atoms with van der Waals surface area (Å²) < 4.78 is 1.96.